The van der Waals surface area contributed by atoms with Crippen LogP contribution in [0.5, 0.6) is 5.75 Å². The number of amides is 1. The van der Waals surface area contributed by atoms with Gasteiger partial charge in [0.2, 0.25) is 5.91 Å². The van der Waals surface area contributed by atoms with E-state index in [1.54, 1.807) is 0 Å². The van der Waals surface area contributed by atoms with E-state index < -0.39 is 0 Å². The van der Waals surface area contributed by atoms with Gasteiger partial charge in [-0.15, -0.1) is 0 Å². The molecule has 1 unspecified atom stereocenters. The van der Waals surface area contributed by atoms with Crippen LogP contribution in [0.2, 0.25) is 0 Å². The molecule has 4 nitrogen and oxygen atoms in total. The Balaban J connectivity index is 2.36. The molecule has 0 bridgehead atoms. The van der Waals surface area contributed by atoms with Gasteiger partial charge >= 0.3 is 0 Å². The smallest absolute Gasteiger partial charge is 0.221 e. The molecule has 2 rings (SSSR count). The van der Waals surface area contributed by atoms with Crippen molar-refractivity contribution in [3.63, 3.8) is 0 Å². The number of rotatable bonds is 3. The highest BCUT2D eigenvalue weighted by Crippen LogP contribution is 2.40. The number of phenolic OH excluding ortho intramolecular Hbond substituents is 1. The summed E-state index contributed by atoms with van der Waals surface area (Å²) in [5.74, 6) is 0.175. The second-order valence-corrected chi connectivity index (χ2v) is 9.52. The maximum absolute atomic E-state index is 11.5. The lowest BCUT2D eigenvalue weighted by atomic mass is 9.78. The van der Waals surface area contributed by atoms with Crippen LogP contribution in [0, 0.1) is 5.92 Å². The summed E-state index contributed by atoms with van der Waals surface area (Å²) in [5, 5.41) is 10.8. The van der Waals surface area contributed by atoms with Gasteiger partial charge in [0.1, 0.15) is 5.75 Å². The molecule has 1 atom stereocenters. The monoisotopic (exact) mass is 346 g/mol. The fourth-order valence-corrected chi connectivity index (χ4v) is 3.62. The number of carbonyl (C=O) groups excluding carboxylic acids is 1. The highest BCUT2D eigenvalue weighted by atomic mass is 16.3. The van der Waals surface area contributed by atoms with Gasteiger partial charge in [0.05, 0.1) is 5.92 Å². The Morgan fingerprint density at radius 2 is 1.68 bits per heavy atom. The Kier molecular flexibility index (Phi) is 5.53. The summed E-state index contributed by atoms with van der Waals surface area (Å²) in [4.78, 5) is 13.8. The molecule has 1 saturated heterocycles. The van der Waals surface area contributed by atoms with Crippen molar-refractivity contribution in [2.45, 2.75) is 71.8 Å². The normalized spacial score (nSPS) is 19.8. The molecule has 1 aliphatic heterocycles. The van der Waals surface area contributed by atoms with Crippen molar-refractivity contribution in [1.82, 2.24) is 4.90 Å². The van der Waals surface area contributed by atoms with E-state index in [0.29, 0.717) is 5.75 Å². The van der Waals surface area contributed by atoms with Gasteiger partial charge in [0.15, 0.2) is 0 Å². The van der Waals surface area contributed by atoms with Crippen molar-refractivity contribution in [2.75, 3.05) is 13.1 Å². The minimum atomic E-state index is -0.193. The van der Waals surface area contributed by atoms with Crippen molar-refractivity contribution in [2.24, 2.45) is 11.7 Å². The van der Waals surface area contributed by atoms with Crippen LogP contribution in [-0.4, -0.2) is 29.0 Å². The van der Waals surface area contributed by atoms with Crippen LogP contribution in [0.15, 0.2) is 12.1 Å². The first-order valence-corrected chi connectivity index (χ1v) is 9.28. The molecule has 1 amide bonds. The van der Waals surface area contributed by atoms with Crippen LogP contribution in [0.25, 0.3) is 0 Å². The first kappa shape index (κ1) is 19.8. The molecule has 0 aliphatic carbocycles. The number of likely N-dealkylation sites (tertiary alicyclic amines) is 1. The summed E-state index contributed by atoms with van der Waals surface area (Å²) < 4.78 is 0. The standard InChI is InChI=1S/C21H34N2O2/c1-20(2,3)16-10-14(11-17(18(16)24)21(4,5)6)12-23-9-7-8-15(13-23)19(22)25/h10-11,15,24H,7-9,12-13H2,1-6H3,(H2,22,25). The van der Waals surface area contributed by atoms with Crippen LogP contribution >= 0.6 is 0 Å². The lowest BCUT2D eigenvalue weighted by Gasteiger charge is -2.33. The summed E-state index contributed by atoms with van der Waals surface area (Å²) in [6.45, 7) is 15.3. The maximum Gasteiger partial charge on any atom is 0.221 e. The fraction of sp³-hybridized carbons (Fsp3) is 0.667. The zero-order chi connectivity index (χ0) is 19.0. The molecule has 1 fully saturated rings. The van der Waals surface area contributed by atoms with Gasteiger partial charge in [-0.1, -0.05) is 53.7 Å². The zero-order valence-electron chi connectivity index (χ0n) is 16.6. The molecular formula is C21H34N2O2. The molecule has 3 N–H and O–H groups in total. The van der Waals surface area contributed by atoms with Crippen LogP contribution in [0.3, 0.4) is 0 Å². The Morgan fingerprint density at radius 1 is 1.16 bits per heavy atom. The minimum Gasteiger partial charge on any atom is -0.507 e. The van der Waals surface area contributed by atoms with Crippen molar-refractivity contribution < 1.29 is 9.90 Å². The molecule has 1 aromatic carbocycles. The van der Waals surface area contributed by atoms with E-state index in [2.05, 4.69) is 58.6 Å². The third-order valence-electron chi connectivity index (χ3n) is 5.10. The van der Waals surface area contributed by atoms with Crippen LogP contribution in [0.1, 0.15) is 71.1 Å². The maximum atomic E-state index is 11.5. The number of hydrogen-bond acceptors (Lipinski definition) is 3. The number of carbonyl (C=O) groups is 1. The SMILES string of the molecule is CC(C)(C)c1cc(CN2CCCC(C(N)=O)C2)cc(C(C)(C)C)c1O. The van der Waals surface area contributed by atoms with Crippen molar-refractivity contribution in [3.05, 3.63) is 28.8 Å². The highest BCUT2D eigenvalue weighted by molar-refractivity contribution is 5.76. The molecule has 140 valence electrons. The molecule has 0 saturated carbocycles. The molecule has 0 aromatic heterocycles. The Hall–Kier alpha value is -1.55. The number of nitrogens with two attached hydrogens (primary N) is 1. The first-order valence-electron chi connectivity index (χ1n) is 9.28. The average molecular weight is 347 g/mol. The van der Waals surface area contributed by atoms with Crippen LogP contribution < -0.4 is 5.73 Å². The summed E-state index contributed by atoms with van der Waals surface area (Å²) in [6, 6.07) is 4.25. The van der Waals surface area contributed by atoms with Gasteiger partial charge in [-0.25, -0.2) is 0 Å². The molecule has 1 heterocycles. The minimum absolute atomic E-state index is 0.0463. The first-order chi connectivity index (χ1) is 11.4. The zero-order valence-corrected chi connectivity index (χ0v) is 16.6. The summed E-state index contributed by atoms with van der Waals surface area (Å²) in [6.07, 6.45) is 1.89. The Bertz CT molecular complexity index is 603. The third-order valence-corrected chi connectivity index (χ3v) is 5.10. The quantitative estimate of drug-likeness (QED) is 0.877. The molecule has 0 spiro atoms. The second kappa shape index (κ2) is 6.99. The topological polar surface area (TPSA) is 66.6 Å². The predicted molar refractivity (Wildman–Crippen MR) is 103 cm³/mol. The number of primary amides is 1. The van der Waals surface area contributed by atoms with E-state index >= 15 is 0 Å². The lowest BCUT2D eigenvalue weighted by molar-refractivity contribution is -0.123. The number of benzene rings is 1. The number of phenols is 1. The van der Waals surface area contributed by atoms with E-state index in [-0.39, 0.29) is 22.7 Å². The summed E-state index contributed by atoms with van der Waals surface area (Å²) in [5.41, 5.74) is 8.41. The van der Waals surface area contributed by atoms with Gasteiger partial charge in [0, 0.05) is 13.1 Å². The highest BCUT2D eigenvalue weighted by Gasteiger charge is 2.28. The fourth-order valence-electron chi connectivity index (χ4n) is 3.62. The number of nitrogens with zero attached hydrogens (tertiary/aromatic N) is 1. The molecule has 4 heteroatoms. The molecule has 0 radical (unpaired) electrons. The van der Waals surface area contributed by atoms with Gasteiger partial charge in [-0.3, -0.25) is 9.69 Å². The van der Waals surface area contributed by atoms with E-state index in [9.17, 15) is 9.90 Å². The second-order valence-electron chi connectivity index (χ2n) is 9.52. The number of piperidine rings is 1. The third kappa shape index (κ3) is 4.75. The number of aromatic hydroxyl groups is 1. The van der Waals surface area contributed by atoms with E-state index in [0.717, 1.165) is 43.6 Å². The Morgan fingerprint density at radius 3 is 2.12 bits per heavy atom. The molecule has 1 aromatic rings. The van der Waals surface area contributed by atoms with E-state index in [1.165, 1.54) is 5.56 Å². The lowest BCUT2D eigenvalue weighted by Crippen LogP contribution is -2.40. The molecular weight excluding hydrogens is 312 g/mol. The molecule has 1 aliphatic rings. The summed E-state index contributed by atoms with van der Waals surface area (Å²) in [7, 11) is 0. The van der Waals surface area contributed by atoms with Gasteiger partial charge in [-0.2, -0.15) is 0 Å². The van der Waals surface area contributed by atoms with Crippen LogP contribution in [-0.2, 0) is 22.2 Å². The van der Waals surface area contributed by atoms with Gasteiger partial charge in [-0.05, 0) is 46.9 Å². The van der Waals surface area contributed by atoms with Crippen LogP contribution in [0.4, 0.5) is 0 Å². The van der Waals surface area contributed by atoms with E-state index in [1.807, 2.05) is 0 Å². The van der Waals surface area contributed by atoms with Crippen molar-refractivity contribution >= 4 is 5.91 Å². The largest absolute Gasteiger partial charge is 0.507 e. The van der Waals surface area contributed by atoms with Crippen molar-refractivity contribution in [3.8, 4) is 5.75 Å². The Labute approximate surface area is 152 Å². The number of hydrogen-bond donors (Lipinski definition) is 2. The predicted octanol–water partition coefficient (Wildman–Crippen LogP) is 3.68. The summed E-state index contributed by atoms with van der Waals surface area (Å²) >= 11 is 0. The van der Waals surface area contributed by atoms with Gasteiger partial charge < -0.3 is 10.8 Å². The van der Waals surface area contributed by atoms with Gasteiger partial charge in [0.25, 0.3) is 0 Å². The average Bonchev–Trinajstić information content (AvgIpc) is 2.46. The van der Waals surface area contributed by atoms with Crippen molar-refractivity contribution in [1.29, 1.82) is 0 Å². The van der Waals surface area contributed by atoms with E-state index in [4.69, 9.17) is 5.73 Å². The molecule has 25 heavy (non-hydrogen) atoms.